The maximum Gasteiger partial charge on any atom is 0.0181 e. The highest BCUT2D eigenvalue weighted by molar-refractivity contribution is 9.10. The Kier molecular flexibility index (Phi) is 3.94. The Hall–Kier alpha value is -0.560. The molecular formula is C13H17Br. The first-order chi connectivity index (χ1) is 6.56. The largest absolute Gasteiger partial charge is 0.0701 e. The summed E-state index contributed by atoms with van der Waals surface area (Å²) in [6.07, 6.45) is 1.12. The van der Waals surface area contributed by atoms with Crippen molar-refractivity contribution in [1.82, 2.24) is 0 Å². The first-order valence-corrected chi connectivity index (χ1v) is 5.78. The van der Waals surface area contributed by atoms with E-state index in [0.29, 0.717) is 0 Å². The lowest BCUT2D eigenvalue weighted by molar-refractivity contribution is 1.10. The Morgan fingerprint density at radius 3 is 2.50 bits per heavy atom. The zero-order valence-corrected chi connectivity index (χ0v) is 10.9. The first kappa shape index (κ1) is 11.5. The zero-order valence-electron chi connectivity index (χ0n) is 9.32. The molecule has 0 saturated carbocycles. The number of hydrogen-bond acceptors (Lipinski definition) is 0. The van der Waals surface area contributed by atoms with Crippen LogP contribution >= 0.6 is 15.9 Å². The van der Waals surface area contributed by atoms with E-state index in [2.05, 4.69) is 61.8 Å². The van der Waals surface area contributed by atoms with Gasteiger partial charge >= 0.3 is 0 Å². The number of hydrogen-bond donors (Lipinski definition) is 0. The van der Waals surface area contributed by atoms with Gasteiger partial charge < -0.3 is 0 Å². The molecule has 0 aliphatic carbocycles. The van der Waals surface area contributed by atoms with Crippen LogP contribution < -0.4 is 0 Å². The van der Waals surface area contributed by atoms with Crippen LogP contribution in [-0.2, 0) is 0 Å². The summed E-state index contributed by atoms with van der Waals surface area (Å²) in [7, 11) is 0. The predicted molar refractivity (Wildman–Crippen MR) is 67.4 cm³/mol. The number of aryl methyl sites for hydroxylation is 1. The normalized spacial score (nSPS) is 12.6. The minimum Gasteiger partial charge on any atom is -0.0701 e. The fourth-order valence-electron chi connectivity index (χ4n) is 1.49. The van der Waals surface area contributed by atoms with Crippen LogP contribution in [0, 0.1) is 6.92 Å². The molecule has 0 fully saturated rings. The molecule has 0 atom stereocenters. The van der Waals surface area contributed by atoms with Crippen LogP contribution in [0.25, 0.3) is 5.57 Å². The van der Waals surface area contributed by atoms with Crippen LogP contribution in [0.1, 0.15) is 38.3 Å². The molecule has 76 valence electrons. The maximum absolute atomic E-state index is 3.51. The highest BCUT2D eigenvalue weighted by Crippen LogP contribution is 2.26. The third-order valence-electron chi connectivity index (χ3n) is 2.77. The van der Waals surface area contributed by atoms with Gasteiger partial charge in [0.1, 0.15) is 0 Å². The van der Waals surface area contributed by atoms with Gasteiger partial charge in [0.15, 0.2) is 0 Å². The molecule has 0 radical (unpaired) electrons. The molecule has 0 nitrogen and oxygen atoms in total. The molecule has 0 saturated heterocycles. The number of halogens is 1. The quantitative estimate of drug-likeness (QED) is 0.698. The summed E-state index contributed by atoms with van der Waals surface area (Å²) in [5.41, 5.74) is 5.58. The second-order valence-electron chi connectivity index (χ2n) is 3.72. The van der Waals surface area contributed by atoms with Gasteiger partial charge in [-0.2, -0.15) is 0 Å². The average Bonchev–Trinajstić information content (AvgIpc) is 2.19. The minimum absolute atomic E-state index is 1.12. The third kappa shape index (κ3) is 2.48. The van der Waals surface area contributed by atoms with Crippen LogP contribution in [0.2, 0.25) is 0 Å². The van der Waals surface area contributed by atoms with Gasteiger partial charge in [-0.25, -0.2) is 0 Å². The Balaban J connectivity index is 3.25. The predicted octanol–water partition coefficient (Wildman–Crippen LogP) is 4.96. The van der Waals surface area contributed by atoms with Crippen molar-refractivity contribution >= 4 is 21.5 Å². The summed E-state index contributed by atoms with van der Waals surface area (Å²) in [4.78, 5) is 0. The highest BCUT2D eigenvalue weighted by Gasteiger charge is 2.03. The summed E-state index contributed by atoms with van der Waals surface area (Å²) >= 11 is 3.51. The van der Waals surface area contributed by atoms with Crippen molar-refractivity contribution in [2.75, 3.05) is 0 Å². The van der Waals surface area contributed by atoms with Gasteiger partial charge in [-0.3, -0.25) is 0 Å². The van der Waals surface area contributed by atoms with Crippen LogP contribution in [0.3, 0.4) is 0 Å². The number of allylic oxidation sites excluding steroid dienone is 2. The minimum atomic E-state index is 1.12. The molecule has 1 rings (SSSR count). The molecule has 0 bridgehead atoms. The van der Waals surface area contributed by atoms with E-state index < -0.39 is 0 Å². The topological polar surface area (TPSA) is 0 Å². The van der Waals surface area contributed by atoms with Crippen molar-refractivity contribution in [3.63, 3.8) is 0 Å². The van der Waals surface area contributed by atoms with Gasteiger partial charge in [-0.15, -0.1) is 0 Å². The van der Waals surface area contributed by atoms with Crippen molar-refractivity contribution in [1.29, 1.82) is 0 Å². The van der Waals surface area contributed by atoms with Crippen LogP contribution in [0.5, 0.6) is 0 Å². The van der Waals surface area contributed by atoms with Crippen LogP contribution in [0.4, 0.5) is 0 Å². The van der Waals surface area contributed by atoms with E-state index in [9.17, 15) is 0 Å². The van der Waals surface area contributed by atoms with E-state index >= 15 is 0 Å². The molecule has 0 N–H and O–H groups in total. The molecule has 0 spiro atoms. The average molecular weight is 253 g/mol. The molecule has 0 aliphatic rings. The SMILES string of the molecule is CC/C(C)=C(/C)c1cc(Br)ccc1C. The van der Waals surface area contributed by atoms with Crippen molar-refractivity contribution < 1.29 is 0 Å². The number of benzene rings is 1. The summed E-state index contributed by atoms with van der Waals surface area (Å²) in [6, 6.07) is 6.45. The Morgan fingerprint density at radius 2 is 1.93 bits per heavy atom. The van der Waals surface area contributed by atoms with Crippen LogP contribution in [-0.4, -0.2) is 0 Å². The molecule has 1 heteroatoms. The van der Waals surface area contributed by atoms with E-state index in [1.54, 1.807) is 0 Å². The van der Waals surface area contributed by atoms with E-state index in [0.717, 1.165) is 10.9 Å². The molecule has 1 aromatic carbocycles. The van der Waals surface area contributed by atoms with Crippen molar-refractivity contribution in [2.24, 2.45) is 0 Å². The molecular weight excluding hydrogens is 236 g/mol. The van der Waals surface area contributed by atoms with Gasteiger partial charge in [0, 0.05) is 4.47 Å². The monoisotopic (exact) mass is 252 g/mol. The van der Waals surface area contributed by atoms with Gasteiger partial charge in [-0.1, -0.05) is 34.5 Å². The molecule has 0 amide bonds. The number of rotatable bonds is 2. The molecule has 1 aromatic rings. The second-order valence-corrected chi connectivity index (χ2v) is 4.63. The van der Waals surface area contributed by atoms with Gasteiger partial charge in [-0.05, 0) is 56.0 Å². The van der Waals surface area contributed by atoms with Gasteiger partial charge in [0.2, 0.25) is 0 Å². The fraction of sp³-hybridized carbons (Fsp3) is 0.385. The third-order valence-corrected chi connectivity index (χ3v) is 3.27. The molecule has 0 heterocycles. The Morgan fingerprint density at radius 1 is 1.29 bits per heavy atom. The summed E-state index contributed by atoms with van der Waals surface area (Å²) in [6.45, 7) is 8.77. The highest BCUT2D eigenvalue weighted by atomic mass is 79.9. The lowest BCUT2D eigenvalue weighted by Gasteiger charge is -2.10. The fourth-order valence-corrected chi connectivity index (χ4v) is 1.85. The van der Waals surface area contributed by atoms with Gasteiger partial charge in [0.25, 0.3) is 0 Å². The second kappa shape index (κ2) is 4.79. The lowest BCUT2D eigenvalue weighted by Crippen LogP contribution is -1.88. The van der Waals surface area contributed by atoms with Crippen LogP contribution in [0.15, 0.2) is 28.2 Å². The maximum atomic E-state index is 3.51. The lowest BCUT2D eigenvalue weighted by atomic mass is 9.97. The zero-order chi connectivity index (χ0) is 10.7. The summed E-state index contributed by atoms with van der Waals surface area (Å²) in [5, 5.41) is 0. The molecule has 0 unspecified atom stereocenters. The standard InChI is InChI=1S/C13H17Br/c1-5-9(2)11(4)13-8-12(14)7-6-10(13)3/h6-8H,5H2,1-4H3/b11-9-. The summed E-state index contributed by atoms with van der Waals surface area (Å²) in [5.74, 6) is 0. The molecule has 14 heavy (non-hydrogen) atoms. The van der Waals surface area contributed by atoms with Gasteiger partial charge in [0.05, 0.1) is 0 Å². The van der Waals surface area contributed by atoms with E-state index in [1.807, 2.05) is 0 Å². The van der Waals surface area contributed by atoms with Crippen molar-refractivity contribution in [3.8, 4) is 0 Å². The van der Waals surface area contributed by atoms with E-state index in [-0.39, 0.29) is 0 Å². The Bertz CT molecular complexity index is 361. The first-order valence-electron chi connectivity index (χ1n) is 4.99. The summed E-state index contributed by atoms with van der Waals surface area (Å²) < 4.78 is 1.15. The molecule has 0 aliphatic heterocycles. The smallest absolute Gasteiger partial charge is 0.0181 e. The molecule has 0 aromatic heterocycles. The Labute approximate surface area is 95.2 Å². The van der Waals surface area contributed by atoms with Crippen molar-refractivity contribution in [3.05, 3.63) is 39.4 Å². The van der Waals surface area contributed by atoms with E-state index in [1.165, 1.54) is 22.3 Å². The van der Waals surface area contributed by atoms with Crippen molar-refractivity contribution in [2.45, 2.75) is 34.1 Å². The van der Waals surface area contributed by atoms with E-state index in [4.69, 9.17) is 0 Å².